The van der Waals surface area contributed by atoms with E-state index in [0.717, 1.165) is 31.3 Å². The highest BCUT2D eigenvalue weighted by molar-refractivity contribution is 6.25. The van der Waals surface area contributed by atoms with Gasteiger partial charge in [0.25, 0.3) is 0 Å². The zero-order valence-electron chi connectivity index (χ0n) is 14.4. The van der Waals surface area contributed by atoms with Crippen LogP contribution in [0.5, 0.6) is 0 Å². The van der Waals surface area contributed by atoms with E-state index in [1.165, 1.54) is 4.90 Å². The number of cyclic esters (lactones) is 1. The zero-order chi connectivity index (χ0) is 17.4. The molecule has 1 fully saturated rings. The molecule has 0 aromatic rings. The van der Waals surface area contributed by atoms with Crippen molar-refractivity contribution >= 4 is 23.6 Å². The summed E-state index contributed by atoms with van der Waals surface area (Å²) < 4.78 is 5.05. The van der Waals surface area contributed by atoms with Crippen molar-refractivity contribution in [3.05, 3.63) is 23.8 Å². The van der Waals surface area contributed by atoms with E-state index >= 15 is 0 Å². The lowest BCUT2D eigenvalue weighted by Gasteiger charge is -2.25. The molecule has 1 aliphatic heterocycles. The van der Waals surface area contributed by atoms with Gasteiger partial charge < -0.3 is 4.74 Å². The molecule has 0 saturated carbocycles. The van der Waals surface area contributed by atoms with Crippen LogP contribution in [0.3, 0.4) is 0 Å². The second kappa shape index (κ2) is 9.76. The lowest BCUT2D eigenvalue weighted by molar-refractivity contribution is -0.133. The first-order valence-electron chi connectivity index (χ1n) is 8.31. The van der Waals surface area contributed by atoms with Crippen molar-refractivity contribution in [3.8, 4) is 0 Å². The van der Waals surface area contributed by atoms with Crippen molar-refractivity contribution < 1.29 is 14.3 Å². The number of rotatable bonds is 9. The highest BCUT2D eigenvalue weighted by Crippen LogP contribution is 2.25. The van der Waals surface area contributed by atoms with E-state index in [4.69, 9.17) is 16.3 Å². The van der Waals surface area contributed by atoms with E-state index in [0.29, 0.717) is 13.0 Å². The van der Waals surface area contributed by atoms with Crippen LogP contribution in [0.4, 0.5) is 4.79 Å². The molecule has 1 rings (SSSR count). The smallest absolute Gasteiger partial charge is 0.416 e. The van der Waals surface area contributed by atoms with Gasteiger partial charge in [0, 0.05) is 11.5 Å². The quantitative estimate of drug-likeness (QED) is 0.443. The summed E-state index contributed by atoms with van der Waals surface area (Å²) in [5.74, 6) is -0.186. The van der Waals surface area contributed by atoms with Gasteiger partial charge in [-0.25, -0.2) is 9.69 Å². The van der Waals surface area contributed by atoms with Crippen molar-refractivity contribution in [1.29, 1.82) is 0 Å². The Hall–Kier alpha value is -1.29. The maximum absolute atomic E-state index is 12.6. The molecule has 0 unspecified atom stereocenters. The fourth-order valence-electron chi connectivity index (χ4n) is 2.65. The van der Waals surface area contributed by atoms with E-state index < -0.39 is 6.09 Å². The molecular weight excluding hydrogens is 314 g/mol. The Morgan fingerprint density at radius 1 is 1.43 bits per heavy atom. The number of carbonyl (C=O) groups excluding carboxylic acids is 2. The lowest BCUT2D eigenvalue weighted by atomic mass is 9.96. The number of imide groups is 1. The lowest BCUT2D eigenvalue weighted by Crippen LogP contribution is -2.44. The number of unbranched alkanes of at least 4 members (excludes halogenated alkanes) is 1. The van der Waals surface area contributed by atoms with Crippen molar-refractivity contribution in [2.24, 2.45) is 11.8 Å². The normalized spacial score (nSPS) is 19.9. The summed E-state index contributed by atoms with van der Waals surface area (Å²) in [6, 6.07) is -0.159. The molecule has 0 aliphatic carbocycles. The predicted molar refractivity (Wildman–Crippen MR) is 93.2 cm³/mol. The summed E-state index contributed by atoms with van der Waals surface area (Å²) in [5.41, 5.74) is 2.75. The van der Waals surface area contributed by atoms with E-state index in [1.807, 2.05) is 26.8 Å². The van der Waals surface area contributed by atoms with Crippen LogP contribution in [-0.2, 0) is 9.53 Å². The third kappa shape index (κ3) is 5.69. The van der Waals surface area contributed by atoms with Gasteiger partial charge in [-0.15, -0.1) is 6.58 Å². The number of nitrogens with zero attached hydrogens (tertiary/aromatic N) is 1. The van der Waals surface area contributed by atoms with Crippen LogP contribution in [0.15, 0.2) is 23.8 Å². The molecule has 0 N–H and O–H groups in total. The largest absolute Gasteiger partial charge is 0.447 e. The summed E-state index contributed by atoms with van der Waals surface area (Å²) in [7, 11) is 0. The summed E-state index contributed by atoms with van der Waals surface area (Å²) in [5, 5.41) is 0. The summed E-state index contributed by atoms with van der Waals surface area (Å²) >= 11 is 5.87. The molecular formula is C18H28ClNO3. The Balaban J connectivity index is 2.56. The highest BCUT2D eigenvalue weighted by Gasteiger charge is 2.40. The summed E-state index contributed by atoms with van der Waals surface area (Å²) in [4.78, 5) is 25.7. The number of carbonyl (C=O) groups is 2. The molecule has 0 aromatic carbocycles. The van der Waals surface area contributed by atoms with E-state index in [1.54, 1.807) is 5.54 Å². The van der Waals surface area contributed by atoms with Crippen molar-refractivity contribution in [2.75, 3.05) is 6.61 Å². The first-order chi connectivity index (χ1) is 10.9. The third-order valence-electron chi connectivity index (χ3n) is 4.29. The van der Waals surface area contributed by atoms with Gasteiger partial charge >= 0.3 is 6.09 Å². The molecule has 0 bridgehead atoms. The number of allylic oxidation sites excluding steroid dienone is 2. The molecule has 0 radical (unpaired) electrons. The Bertz CT molecular complexity index is 459. The molecule has 1 saturated heterocycles. The summed E-state index contributed by atoms with van der Waals surface area (Å²) in [6.45, 7) is 9.85. The monoisotopic (exact) mass is 341 g/mol. The second-order valence-corrected chi connectivity index (χ2v) is 6.70. The van der Waals surface area contributed by atoms with Gasteiger partial charge in [0.05, 0.1) is 6.04 Å². The molecule has 4 nitrogen and oxygen atoms in total. The van der Waals surface area contributed by atoms with Gasteiger partial charge in [0.2, 0.25) is 5.91 Å². The molecule has 130 valence electrons. The minimum Gasteiger partial charge on any atom is -0.447 e. The van der Waals surface area contributed by atoms with Gasteiger partial charge in [-0.2, -0.15) is 0 Å². The fraction of sp³-hybridized carbons (Fsp3) is 0.667. The predicted octanol–water partition coefficient (Wildman–Crippen LogP) is 4.89. The van der Waals surface area contributed by atoms with Gasteiger partial charge in [0.15, 0.2) is 0 Å². The van der Waals surface area contributed by atoms with Gasteiger partial charge in [-0.05, 0) is 38.0 Å². The van der Waals surface area contributed by atoms with Crippen LogP contribution in [-0.4, -0.2) is 29.5 Å². The Labute approximate surface area is 144 Å². The second-order valence-electron chi connectivity index (χ2n) is 6.48. The molecule has 2 amide bonds. The minimum absolute atomic E-state index is 0.147. The Morgan fingerprint density at radius 3 is 2.70 bits per heavy atom. The van der Waals surface area contributed by atoms with Crippen LogP contribution in [0.25, 0.3) is 0 Å². The van der Waals surface area contributed by atoms with Crippen LogP contribution in [0.1, 0.15) is 52.9 Å². The first kappa shape index (κ1) is 19.8. The van der Waals surface area contributed by atoms with Crippen LogP contribution >= 0.6 is 11.6 Å². The van der Waals surface area contributed by atoms with Gasteiger partial charge in [-0.3, -0.25) is 4.79 Å². The zero-order valence-corrected chi connectivity index (χ0v) is 15.1. The van der Waals surface area contributed by atoms with Crippen LogP contribution in [0, 0.1) is 11.8 Å². The SMILES string of the molecule is C=CCCC/C(=C\Cl)CC[C@H](C)C(=O)N1C(=O)OC[C@@H]1C(C)C. The van der Waals surface area contributed by atoms with Crippen molar-refractivity contribution in [2.45, 2.75) is 58.9 Å². The Kier molecular flexibility index (Phi) is 8.38. The Morgan fingerprint density at radius 2 is 2.13 bits per heavy atom. The maximum atomic E-state index is 12.6. The standard InChI is InChI=1S/C18H28ClNO3/c1-5-6-7-8-15(11-19)10-9-14(4)17(21)20-16(13(2)3)12-23-18(20)22/h5,11,13-14,16H,1,6-10,12H2,2-4H3/b15-11+/t14-,16+/m0/s1. The van der Waals surface area contributed by atoms with E-state index in [-0.39, 0.29) is 23.8 Å². The summed E-state index contributed by atoms with van der Waals surface area (Å²) in [6.07, 6.45) is 5.71. The van der Waals surface area contributed by atoms with Gasteiger partial charge in [-0.1, -0.05) is 44.0 Å². The first-order valence-corrected chi connectivity index (χ1v) is 8.74. The van der Waals surface area contributed by atoms with Crippen molar-refractivity contribution in [1.82, 2.24) is 4.90 Å². The molecule has 1 aliphatic rings. The van der Waals surface area contributed by atoms with E-state index in [2.05, 4.69) is 6.58 Å². The van der Waals surface area contributed by atoms with E-state index in [9.17, 15) is 9.59 Å². The third-order valence-corrected chi connectivity index (χ3v) is 4.60. The topological polar surface area (TPSA) is 46.6 Å². The minimum atomic E-state index is -0.514. The number of hydrogen-bond donors (Lipinski definition) is 0. The maximum Gasteiger partial charge on any atom is 0.416 e. The number of ether oxygens (including phenoxy) is 1. The average Bonchev–Trinajstić information content (AvgIpc) is 2.91. The molecule has 5 heteroatoms. The van der Waals surface area contributed by atoms with Crippen LogP contribution in [0.2, 0.25) is 0 Å². The highest BCUT2D eigenvalue weighted by atomic mass is 35.5. The average molecular weight is 342 g/mol. The molecule has 23 heavy (non-hydrogen) atoms. The molecule has 1 heterocycles. The number of amides is 2. The van der Waals surface area contributed by atoms with Crippen LogP contribution < -0.4 is 0 Å². The molecule has 0 spiro atoms. The molecule has 2 atom stereocenters. The molecule has 0 aromatic heterocycles. The number of hydrogen-bond acceptors (Lipinski definition) is 3. The van der Waals surface area contributed by atoms with Crippen molar-refractivity contribution in [3.63, 3.8) is 0 Å². The fourth-order valence-corrected chi connectivity index (χ4v) is 2.87. The van der Waals surface area contributed by atoms with Gasteiger partial charge in [0.1, 0.15) is 6.61 Å². The number of halogens is 1.